The minimum Gasteiger partial charge on any atom is -0.370 e. The van der Waals surface area contributed by atoms with Crippen LogP contribution in [-0.2, 0) is 30.6 Å². The Hall–Kier alpha value is -2.44. The second-order valence-electron chi connectivity index (χ2n) is 6.39. The van der Waals surface area contributed by atoms with Crippen LogP contribution in [0.2, 0.25) is 0 Å². The summed E-state index contributed by atoms with van der Waals surface area (Å²) in [4.78, 5) is 16.3. The molecule has 0 amide bonds. The fourth-order valence-corrected chi connectivity index (χ4v) is 6.07. The lowest BCUT2D eigenvalue weighted by atomic mass is 10.4. The molecule has 0 radical (unpaired) electrons. The molecule has 2 rings (SSSR count). The van der Waals surface area contributed by atoms with E-state index < -0.39 is 20.0 Å². The van der Waals surface area contributed by atoms with E-state index in [1.54, 1.807) is 11.8 Å². The number of rotatable bonds is 11. The Kier molecular flexibility index (Phi) is 10.1. The van der Waals surface area contributed by atoms with E-state index in [-0.39, 0.29) is 21.7 Å². The summed E-state index contributed by atoms with van der Waals surface area (Å²) in [5.41, 5.74) is 11.5. The van der Waals surface area contributed by atoms with Crippen molar-refractivity contribution >= 4 is 60.2 Å². The molecule has 0 aliphatic carbocycles. The van der Waals surface area contributed by atoms with E-state index in [9.17, 15) is 16.8 Å². The van der Waals surface area contributed by atoms with Gasteiger partial charge in [-0.3, -0.25) is 9.83 Å². The van der Waals surface area contributed by atoms with Gasteiger partial charge in [-0.25, -0.2) is 26.5 Å². The Labute approximate surface area is 206 Å². The first-order chi connectivity index (χ1) is 16.0. The van der Waals surface area contributed by atoms with Crippen LogP contribution in [0, 0.1) is 0 Å². The van der Waals surface area contributed by atoms with Gasteiger partial charge in [-0.1, -0.05) is 10.5 Å². The van der Waals surface area contributed by atoms with Crippen molar-refractivity contribution in [2.75, 3.05) is 33.5 Å². The number of hydrogen-bond donors (Lipinski definition) is 4. The van der Waals surface area contributed by atoms with Gasteiger partial charge in [0, 0.05) is 37.5 Å². The van der Waals surface area contributed by atoms with Gasteiger partial charge in [-0.05, 0) is 18.2 Å². The molecule has 2 aromatic rings. The molecule has 1 aromatic carbocycles. The highest BCUT2D eigenvalue weighted by Crippen LogP contribution is 2.21. The van der Waals surface area contributed by atoms with Crippen molar-refractivity contribution in [3.63, 3.8) is 0 Å². The lowest BCUT2D eigenvalue weighted by Crippen LogP contribution is -2.41. The highest BCUT2D eigenvalue weighted by Gasteiger charge is 2.24. The number of aromatic nitrogens is 1. The molecular formula is C17H26N8O5S4. The van der Waals surface area contributed by atoms with Crippen LogP contribution in [0.3, 0.4) is 0 Å². The molecule has 0 atom stereocenters. The summed E-state index contributed by atoms with van der Waals surface area (Å²) in [7, 11) is -4.29. The monoisotopic (exact) mass is 550 g/mol. The van der Waals surface area contributed by atoms with E-state index >= 15 is 0 Å². The summed E-state index contributed by atoms with van der Waals surface area (Å²) >= 11 is 2.90. The summed E-state index contributed by atoms with van der Waals surface area (Å²) < 4.78 is 53.3. The number of thioether (sulfide) groups is 1. The zero-order chi connectivity index (χ0) is 25.4. The number of hydrogen-bond acceptors (Lipinski definition) is 10. The number of hydroxylamine groups is 1. The second kappa shape index (κ2) is 12.3. The lowest BCUT2D eigenvalue weighted by Gasteiger charge is -2.15. The van der Waals surface area contributed by atoms with E-state index in [4.69, 9.17) is 16.3 Å². The largest absolute Gasteiger partial charge is 0.370 e. The first-order valence-electron chi connectivity index (χ1n) is 9.48. The minimum atomic E-state index is -4.10. The number of benzene rings is 1. The molecule has 0 aliphatic heterocycles. The summed E-state index contributed by atoms with van der Waals surface area (Å²) in [6.07, 6.45) is 0. The van der Waals surface area contributed by atoms with Crippen LogP contribution in [0.15, 0.2) is 49.4 Å². The van der Waals surface area contributed by atoms with Crippen LogP contribution < -0.4 is 21.5 Å². The molecule has 1 heterocycles. The van der Waals surface area contributed by atoms with Gasteiger partial charge in [0.1, 0.15) is 0 Å². The number of nitrogens with one attached hydrogen (secondary N) is 2. The van der Waals surface area contributed by atoms with Crippen LogP contribution in [0.5, 0.6) is 0 Å². The molecule has 17 heteroatoms. The van der Waals surface area contributed by atoms with Gasteiger partial charge >= 0.3 is 0 Å². The summed E-state index contributed by atoms with van der Waals surface area (Å²) in [6.45, 7) is 0.414. The normalized spacial score (nSPS) is 12.5. The van der Waals surface area contributed by atoms with E-state index in [1.165, 1.54) is 50.7 Å². The summed E-state index contributed by atoms with van der Waals surface area (Å²) in [5.74, 6) is 1.22. The van der Waals surface area contributed by atoms with Crippen molar-refractivity contribution in [1.29, 1.82) is 0 Å². The smallest absolute Gasteiger partial charge is 0.264 e. The predicted molar refractivity (Wildman–Crippen MR) is 134 cm³/mol. The van der Waals surface area contributed by atoms with Crippen molar-refractivity contribution in [3.8, 4) is 0 Å². The molecule has 0 saturated heterocycles. The maximum absolute atomic E-state index is 12.8. The maximum atomic E-state index is 12.8. The zero-order valence-electron chi connectivity index (χ0n) is 18.6. The second-order valence-corrected chi connectivity index (χ2v) is 11.9. The van der Waals surface area contributed by atoms with Crippen molar-refractivity contribution in [2.45, 2.75) is 15.5 Å². The average molecular weight is 551 g/mol. The zero-order valence-corrected chi connectivity index (χ0v) is 21.9. The molecule has 0 unspecified atom stereocenters. The van der Waals surface area contributed by atoms with Crippen molar-refractivity contribution in [3.05, 3.63) is 35.3 Å². The number of aliphatic imine (C=N–C) groups is 2. The van der Waals surface area contributed by atoms with Crippen LogP contribution in [0.25, 0.3) is 0 Å². The van der Waals surface area contributed by atoms with Gasteiger partial charge < -0.3 is 16.8 Å². The number of guanidine groups is 2. The van der Waals surface area contributed by atoms with Crippen LogP contribution in [0.1, 0.15) is 5.69 Å². The molecule has 6 N–H and O–H groups in total. The molecule has 0 fully saturated rings. The lowest BCUT2D eigenvalue weighted by molar-refractivity contribution is -0.0258. The van der Waals surface area contributed by atoms with Gasteiger partial charge in [0.15, 0.2) is 5.96 Å². The van der Waals surface area contributed by atoms with E-state index in [1.807, 2.05) is 5.38 Å². The van der Waals surface area contributed by atoms with E-state index in [2.05, 4.69) is 25.0 Å². The topological polar surface area (TPSA) is 194 Å². The molecule has 0 bridgehead atoms. The maximum Gasteiger partial charge on any atom is 0.264 e. The Morgan fingerprint density at radius 2 is 1.97 bits per heavy atom. The Balaban J connectivity index is 1.93. The molecule has 0 saturated carbocycles. The molecule has 13 nitrogen and oxygen atoms in total. The third-order valence-corrected chi connectivity index (χ3v) is 8.81. The van der Waals surface area contributed by atoms with Crippen LogP contribution >= 0.6 is 23.1 Å². The SMILES string of the molecule is CN=C(NCCSCc1csc(N=C(N)N)n1)NS(=O)(=O)c1cccc(S(=O)(=O)N(C)OC)c1. The predicted octanol–water partition coefficient (Wildman–Crippen LogP) is 0.0170. The number of sulfonamides is 2. The van der Waals surface area contributed by atoms with Crippen LogP contribution in [0.4, 0.5) is 5.13 Å². The molecule has 34 heavy (non-hydrogen) atoms. The summed E-state index contributed by atoms with van der Waals surface area (Å²) in [6, 6.07) is 4.92. The fourth-order valence-electron chi connectivity index (χ4n) is 2.34. The number of nitrogens with zero attached hydrogens (tertiary/aromatic N) is 4. The average Bonchev–Trinajstić information content (AvgIpc) is 3.23. The number of thiazole rings is 1. The Bertz CT molecular complexity index is 1240. The van der Waals surface area contributed by atoms with Gasteiger partial charge in [-0.15, -0.1) is 11.3 Å². The first-order valence-corrected chi connectivity index (χ1v) is 14.4. The Morgan fingerprint density at radius 3 is 2.62 bits per heavy atom. The third-order valence-electron chi connectivity index (χ3n) is 4.02. The molecule has 188 valence electrons. The Morgan fingerprint density at radius 1 is 1.26 bits per heavy atom. The standard InChI is InChI=1S/C17H26N8O5S4/c1-20-16(21-7-8-31-10-12-11-32-17(22-12)23-15(18)19)24-33(26,27)13-5-4-6-14(9-13)34(28,29)25(2)30-3/h4-6,9,11H,7-8,10H2,1-3H3,(H2,20,21,24)(H4,18,19,22,23). The highest BCUT2D eigenvalue weighted by atomic mass is 32.2. The first kappa shape index (κ1) is 27.8. The molecule has 1 aromatic heterocycles. The third kappa shape index (κ3) is 7.81. The molecule has 0 spiro atoms. The molecule has 0 aliphatic rings. The van der Waals surface area contributed by atoms with E-state index in [0.717, 1.165) is 11.8 Å². The van der Waals surface area contributed by atoms with Crippen molar-refractivity contribution in [1.82, 2.24) is 19.5 Å². The van der Waals surface area contributed by atoms with Gasteiger partial charge in [0.25, 0.3) is 20.0 Å². The van der Waals surface area contributed by atoms with Gasteiger partial charge in [0.2, 0.25) is 11.1 Å². The fraction of sp³-hybridized carbons (Fsp3) is 0.353. The van der Waals surface area contributed by atoms with Crippen molar-refractivity contribution < 1.29 is 21.7 Å². The van der Waals surface area contributed by atoms with Crippen molar-refractivity contribution in [2.24, 2.45) is 21.5 Å². The van der Waals surface area contributed by atoms with Gasteiger partial charge in [0.05, 0.1) is 22.6 Å². The molecular weight excluding hydrogens is 525 g/mol. The van der Waals surface area contributed by atoms with Crippen LogP contribution in [-0.4, -0.2) is 71.7 Å². The minimum absolute atomic E-state index is 0.0200. The quantitative estimate of drug-likeness (QED) is 0.128. The summed E-state index contributed by atoms with van der Waals surface area (Å²) in [5, 5.41) is 5.24. The van der Waals surface area contributed by atoms with E-state index in [0.29, 0.717) is 27.7 Å². The number of nitrogens with two attached hydrogens (primary N) is 2. The van der Waals surface area contributed by atoms with Gasteiger partial charge in [-0.2, -0.15) is 16.8 Å². The highest BCUT2D eigenvalue weighted by molar-refractivity contribution is 7.98.